The summed E-state index contributed by atoms with van der Waals surface area (Å²) >= 11 is 0. The van der Waals surface area contributed by atoms with E-state index in [1.54, 1.807) is 7.11 Å². The zero-order valence-corrected chi connectivity index (χ0v) is 5.09. The van der Waals surface area contributed by atoms with Crippen LogP contribution in [0.1, 0.15) is 6.42 Å². The average molecular weight is 111 g/mol. The van der Waals surface area contributed by atoms with E-state index in [4.69, 9.17) is 17.1 Å². The zero-order chi connectivity index (χ0) is 6.24. The highest BCUT2D eigenvalue weighted by molar-refractivity contribution is 6.85. The molecule has 43 valence electrons. The molecule has 0 bridgehead atoms. The van der Waals surface area contributed by atoms with Gasteiger partial charge in [0, 0.05) is 20.3 Å². The predicted octanol–water partition coefficient (Wildman–Crippen LogP) is -0.258. The molecule has 3 radical (unpaired) electrons. The molecular weight excluding hydrogens is 102 g/mol. The Morgan fingerprint density at radius 2 is 2.25 bits per heavy atom. The van der Waals surface area contributed by atoms with Crippen LogP contribution in [-0.4, -0.2) is 35.4 Å². The highest BCUT2D eigenvalue weighted by atomic mass is 16.5. The van der Waals surface area contributed by atoms with E-state index in [0.29, 0.717) is 6.61 Å². The van der Waals surface area contributed by atoms with Gasteiger partial charge in [-0.2, -0.15) is 0 Å². The van der Waals surface area contributed by atoms with Gasteiger partial charge < -0.3 is 9.39 Å². The predicted molar refractivity (Wildman–Crippen MR) is 34.0 cm³/mol. The molecule has 0 spiro atoms. The van der Waals surface area contributed by atoms with Gasteiger partial charge in [-0.05, 0) is 6.42 Å². The third-order valence-corrected chi connectivity index (χ3v) is 0.707. The van der Waals surface area contributed by atoms with E-state index < -0.39 is 0 Å². The molecule has 0 aliphatic carbocycles. The summed E-state index contributed by atoms with van der Waals surface area (Å²) in [6, 6.07) is 0. The first-order chi connectivity index (χ1) is 3.91. The Morgan fingerprint density at radius 3 is 2.75 bits per heavy atom. The maximum atomic E-state index is 4.92. The number of hydrogen-bond acceptors (Lipinski definition) is 2. The zero-order valence-electron chi connectivity index (χ0n) is 5.09. The van der Waals surface area contributed by atoms with Gasteiger partial charge in [0.1, 0.15) is 0 Å². The summed E-state index contributed by atoms with van der Waals surface area (Å²) in [4.78, 5) is 0. The van der Waals surface area contributed by atoms with Crippen molar-refractivity contribution < 1.29 is 9.39 Å². The maximum absolute atomic E-state index is 4.92. The Kier molecular flexibility index (Phi) is 7.09. The van der Waals surface area contributed by atoms with Crippen LogP contribution in [0.2, 0.25) is 0 Å². The van der Waals surface area contributed by atoms with Crippen LogP contribution >= 0.6 is 0 Å². The normalized spacial score (nSPS) is 9.12. The van der Waals surface area contributed by atoms with E-state index in [0.717, 1.165) is 13.0 Å². The molecule has 0 aliphatic rings. The summed E-state index contributed by atoms with van der Waals surface area (Å²) in [6.07, 6.45) is 0.893. The monoisotopic (exact) mass is 111 g/mol. The van der Waals surface area contributed by atoms with E-state index in [1.165, 1.54) is 7.37 Å². The van der Waals surface area contributed by atoms with Crippen LogP contribution in [0, 0.1) is 0 Å². The SMILES string of the molecule is [B][B]OCCCOC. The number of hydrogen-bond donors (Lipinski definition) is 0. The molecule has 0 aromatic rings. The highest BCUT2D eigenvalue weighted by Crippen LogP contribution is 1.79. The minimum atomic E-state index is 0.643. The molecule has 8 heavy (non-hydrogen) atoms. The minimum Gasteiger partial charge on any atom is -0.452 e. The summed E-state index contributed by atoms with van der Waals surface area (Å²) in [6.45, 7) is 1.37. The maximum Gasteiger partial charge on any atom is 0.230 e. The summed E-state index contributed by atoms with van der Waals surface area (Å²) in [5.41, 5.74) is 0. The molecule has 0 saturated heterocycles. The molecule has 2 nitrogen and oxygen atoms in total. The Balaban J connectivity index is 2.53. The van der Waals surface area contributed by atoms with Crippen molar-refractivity contribution in [3.63, 3.8) is 0 Å². The lowest BCUT2D eigenvalue weighted by Crippen LogP contribution is -2.02. The van der Waals surface area contributed by atoms with E-state index in [1.807, 2.05) is 0 Å². The van der Waals surface area contributed by atoms with Gasteiger partial charge in [0.2, 0.25) is 7.37 Å². The molecule has 0 aromatic heterocycles. The Labute approximate surface area is 52.2 Å². The van der Waals surface area contributed by atoms with Gasteiger partial charge in [-0.15, -0.1) is 0 Å². The molecule has 0 atom stereocenters. The van der Waals surface area contributed by atoms with Crippen LogP contribution in [0.5, 0.6) is 0 Å². The van der Waals surface area contributed by atoms with Crippen molar-refractivity contribution in [2.24, 2.45) is 0 Å². The Hall–Kier alpha value is 0.0499. The Morgan fingerprint density at radius 1 is 1.50 bits per heavy atom. The molecule has 0 saturated carbocycles. The lowest BCUT2D eigenvalue weighted by atomic mass is 9.72. The topological polar surface area (TPSA) is 18.5 Å². The first kappa shape index (κ1) is 8.05. The van der Waals surface area contributed by atoms with Gasteiger partial charge in [0.25, 0.3) is 0 Å². The van der Waals surface area contributed by atoms with Gasteiger partial charge in [0.05, 0.1) is 7.74 Å². The molecule has 0 amide bonds. The largest absolute Gasteiger partial charge is 0.452 e. The van der Waals surface area contributed by atoms with Crippen LogP contribution in [0.3, 0.4) is 0 Å². The van der Waals surface area contributed by atoms with Gasteiger partial charge in [0.15, 0.2) is 0 Å². The van der Waals surface area contributed by atoms with E-state index in [-0.39, 0.29) is 0 Å². The Bertz CT molecular complexity index is 37.0. The number of rotatable bonds is 5. The number of methoxy groups -OCH3 is 1. The summed E-state index contributed by atoms with van der Waals surface area (Å²) in [5, 5.41) is 0. The quantitative estimate of drug-likeness (QED) is 0.359. The molecule has 0 fully saturated rings. The summed E-state index contributed by atoms with van der Waals surface area (Å²) in [7, 11) is 7.77. The van der Waals surface area contributed by atoms with Crippen molar-refractivity contribution in [2.75, 3.05) is 20.3 Å². The molecular formula is C4H9B2O2. The number of ether oxygens (including phenoxy) is 1. The second-order valence-corrected chi connectivity index (χ2v) is 1.35. The first-order valence-electron chi connectivity index (χ1n) is 2.55. The fourth-order valence-electron chi connectivity index (χ4n) is 0.355. The van der Waals surface area contributed by atoms with Crippen molar-refractivity contribution in [3.8, 4) is 0 Å². The van der Waals surface area contributed by atoms with Gasteiger partial charge in [-0.3, -0.25) is 0 Å². The lowest BCUT2D eigenvalue weighted by Gasteiger charge is -1.97. The van der Waals surface area contributed by atoms with Crippen LogP contribution in [0.25, 0.3) is 0 Å². The minimum absolute atomic E-state index is 0.643. The summed E-state index contributed by atoms with van der Waals surface area (Å²) < 4.78 is 9.46. The van der Waals surface area contributed by atoms with Crippen LogP contribution in [-0.2, 0) is 9.39 Å². The lowest BCUT2D eigenvalue weighted by molar-refractivity contribution is 0.175. The van der Waals surface area contributed by atoms with Gasteiger partial charge in [-0.25, -0.2) is 0 Å². The van der Waals surface area contributed by atoms with Crippen molar-refractivity contribution in [1.82, 2.24) is 0 Å². The van der Waals surface area contributed by atoms with Gasteiger partial charge >= 0.3 is 0 Å². The summed E-state index contributed by atoms with van der Waals surface area (Å²) in [5.74, 6) is 0. The molecule has 0 aliphatic heterocycles. The second kappa shape index (κ2) is 7.05. The van der Waals surface area contributed by atoms with Crippen molar-refractivity contribution in [2.45, 2.75) is 6.42 Å². The van der Waals surface area contributed by atoms with E-state index >= 15 is 0 Å². The molecule has 0 rings (SSSR count). The third kappa shape index (κ3) is 6.05. The third-order valence-electron chi connectivity index (χ3n) is 0.707. The van der Waals surface area contributed by atoms with Crippen LogP contribution < -0.4 is 0 Å². The van der Waals surface area contributed by atoms with Crippen LogP contribution in [0.4, 0.5) is 0 Å². The fourth-order valence-corrected chi connectivity index (χ4v) is 0.355. The highest BCUT2D eigenvalue weighted by Gasteiger charge is 1.83. The first-order valence-corrected chi connectivity index (χ1v) is 2.55. The molecule has 0 heterocycles. The molecule has 0 N–H and O–H groups in total. The second-order valence-electron chi connectivity index (χ2n) is 1.35. The van der Waals surface area contributed by atoms with Gasteiger partial charge in [-0.1, -0.05) is 0 Å². The van der Waals surface area contributed by atoms with Crippen LogP contribution in [0.15, 0.2) is 0 Å². The van der Waals surface area contributed by atoms with Crippen molar-refractivity contribution in [3.05, 3.63) is 0 Å². The molecule has 4 heteroatoms. The van der Waals surface area contributed by atoms with E-state index in [9.17, 15) is 0 Å². The molecule has 0 aromatic carbocycles. The fraction of sp³-hybridized carbons (Fsp3) is 1.00. The van der Waals surface area contributed by atoms with Crippen molar-refractivity contribution >= 4 is 15.1 Å². The molecule has 0 unspecified atom stereocenters. The average Bonchev–Trinajstić information content (AvgIpc) is 1.81. The van der Waals surface area contributed by atoms with Crippen molar-refractivity contribution in [1.29, 1.82) is 0 Å². The van der Waals surface area contributed by atoms with E-state index in [2.05, 4.69) is 0 Å². The smallest absolute Gasteiger partial charge is 0.230 e. The standard InChI is InChI=1S/C4H9B2O2/c1-7-3-2-4-8-6-5/h2-4H2,1H3.